The summed E-state index contributed by atoms with van der Waals surface area (Å²) in [6.45, 7) is 8.57. The Hall–Kier alpha value is -0.340. The van der Waals surface area contributed by atoms with E-state index in [2.05, 4.69) is 13.5 Å². The van der Waals surface area contributed by atoms with Crippen molar-refractivity contribution in [1.82, 2.24) is 0 Å². The summed E-state index contributed by atoms with van der Waals surface area (Å²) in [6.07, 6.45) is 3.03. The fraction of sp³-hybridized carbons (Fsp3) is 0.778. The van der Waals surface area contributed by atoms with E-state index in [1.165, 1.54) is 0 Å². The number of hydrogen-bond acceptors (Lipinski definition) is 2. The van der Waals surface area contributed by atoms with Gasteiger partial charge in [-0.15, -0.1) is 6.58 Å². The fourth-order valence-corrected chi connectivity index (χ4v) is 1.38. The quantitative estimate of drug-likeness (QED) is 0.581. The third-order valence-corrected chi connectivity index (χ3v) is 2.02. The minimum atomic E-state index is -0.00185. The first kappa shape index (κ1) is 8.75. The molecule has 0 aromatic carbocycles. The third kappa shape index (κ3) is 2.04. The second-order valence-electron chi connectivity index (χ2n) is 2.93. The summed E-state index contributed by atoms with van der Waals surface area (Å²) in [5.74, 6) is 0.545. The van der Waals surface area contributed by atoms with Gasteiger partial charge in [-0.25, -0.2) is 0 Å². The van der Waals surface area contributed by atoms with Crippen LogP contribution in [-0.4, -0.2) is 19.0 Å². The van der Waals surface area contributed by atoms with Crippen molar-refractivity contribution in [3.63, 3.8) is 0 Å². The largest absolute Gasteiger partial charge is 0.353 e. The summed E-state index contributed by atoms with van der Waals surface area (Å²) < 4.78 is 10.9. The highest BCUT2D eigenvalue weighted by atomic mass is 16.7. The number of hydrogen-bond donors (Lipinski definition) is 0. The Balaban J connectivity index is 2.36. The lowest BCUT2D eigenvalue weighted by molar-refractivity contribution is -0.121. The van der Waals surface area contributed by atoms with Gasteiger partial charge < -0.3 is 9.47 Å². The fourth-order valence-electron chi connectivity index (χ4n) is 1.38. The van der Waals surface area contributed by atoms with Crippen molar-refractivity contribution in [2.24, 2.45) is 5.92 Å². The highest BCUT2D eigenvalue weighted by Gasteiger charge is 2.29. The third-order valence-electron chi connectivity index (χ3n) is 2.02. The maximum Gasteiger partial charge on any atom is 0.158 e. The maximum absolute atomic E-state index is 5.52. The van der Waals surface area contributed by atoms with Gasteiger partial charge >= 0.3 is 0 Å². The van der Waals surface area contributed by atoms with Gasteiger partial charge in [0.05, 0.1) is 6.10 Å². The number of ether oxygens (including phenoxy) is 2. The molecule has 3 atom stereocenters. The molecule has 0 aromatic heterocycles. The smallest absolute Gasteiger partial charge is 0.158 e. The predicted molar refractivity (Wildman–Crippen MR) is 44.3 cm³/mol. The minimum absolute atomic E-state index is 0.00185. The molecule has 1 saturated heterocycles. The molecule has 0 amide bonds. The first-order valence-corrected chi connectivity index (χ1v) is 4.17. The summed E-state index contributed by atoms with van der Waals surface area (Å²) in [7, 11) is 0. The molecule has 1 aliphatic heterocycles. The molecule has 64 valence electrons. The van der Waals surface area contributed by atoms with E-state index in [9.17, 15) is 0 Å². The highest BCUT2D eigenvalue weighted by Crippen LogP contribution is 2.26. The SMILES string of the molecule is C=C[C@@H]1O[C@@H](OCC)C[C@H]1C. The van der Waals surface area contributed by atoms with Crippen molar-refractivity contribution < 1.29 is 9.47 Å². The zero-order chi connectivity index (χ0) is 8.27. The molecular formula is C9H16O2. The van der Waals surface area contributed by atoms with Crippen molar-refractivity contribution in [3.8, 4) is 0 Å². The van der Waals surface area contributed by atoms with E-state index in [0.717, 1.165) is 13.0 Å². The van der Waals surface area contributed by atoms with Crippen molar-refractivity contribution in [3.05, 3.63) is 12.7 Å². The standard InChI is InChI=1S/C9H16O2/c1-4-8-7(3)6-9(11-8)10-5-2/h4,7-9H,1,5-6H2,2-3H3/t7-,8+,9-/m1/s1. The molecule has 2 nitrogen and oxygen atoms in total. The van der Waals surface area contributed by atoms with E-state index in [1.807, 2.05) is 13.0 Å². The van der Waals surface area contributed by atoms with E-state index >= 15 is 0 Å². The van der Waals surface area contributed by atoms with Gasteiger partial charge in [0.15, 0.2) is 6.29 Å². The maximum atomic E-state index is 5.52. The molecule has 1 fully saturated rings. The Bertz CT molecular complexity index is 134. The van der Waals surface area contributed by atoms with Crippen LogP contribution in [0.4, 0.5) is 0 Å². The van der Waals surface area contributed by atoms with Gasteiger partial charge in [-0.05, 0) is 12.8 Å². The minimum Gasteiger partial charge on any atom is -0.353 e. The van der Waals surface area contributed by atoms with Gasteiger partial charge in [-0.2, -0.15) is 0 Å². The van der Waals surface area contributed by atoms with E-state index in [-0.39, 0.29) is 12.4 Å². The average Bonchev–Trinajstić information content (AvgIpc) is 2.32. The van der Waals surface area contributed by atoms with E-state index in [0.29, 0.717) is 5.92 Å². The lowest BCUT2D eigenvalue weighted by atomic mass is 10.0. The van der Waals surface area contributed by atoms with Crippen LogP contribution in [0.1, 0.15) is 20.3 Å². The van der Waals surface area contributed by atoms with Gasteiger partial charge in [0.2, 0.25) is 0 Å². The lowest BCUT2D eigenvalue weighted by Crippen LogP contribution is -2.13. The summed E-state index contributed by atoms with van der Waals surface area (Å²) in [6, 6.07) is 0. The van der Waals surface area contributed by atoms with Crippen LogP contribution in [0, 0.1) is 5.92 Å². The normalized spacial score (nSPS) is 37.5. The Labute approximate surface area is 68.2 Å². The summed E-state index contributed by atoms with van der Waals surface area (Å²) in [5.41, 5.74) is 0. The molecule has 1 heterocycles. The predicted octanol–water partition coefficient (Wildman–Crippen LogP) is 1.96. The van der Waals surface area contributed by atoms with Crippen LogP contribution in [0.3, 0.4) is 0 Å². The summed E-state index contributed by atoms with van der Waals surface area (Å²) in [5, 5.41) is 0. The first-order chi connectivity index (χ1) is 5.27. The Morgan fingerprint density at radius 3 is 2.91 bits per heavy atom. The monoisotopic (exact) mass is 156 g/mol. The van der Waals surface area contributed by atoms with Crippen LogP contribution >= 0.6 is 0 Å². The number of rotatable bonds is 3. The van der Waals surface area contributed by atoms with E-state index in [4.69, 9.17) is 9.47 Å². The molecule has 0 aliphatic carbocycles. The molecule has 0 aromatic rings. The molecule has 1 aliphatic rings. The zero-order valence-corrected chi connectivity index (χ0v) is 7.25. The van der Waals surface area contributed by atoms with Crippen LogP contribution in [0.2, 0.25) is 0 Å². The van der Waals surface area contributed by atoms with Crippen LogP contribution in [-0.2, 0) is 9.47 Å². The molecule has 1 rings (SSSR count). The zero-order valence-electron chi connectivity index (χ0n) is 7.25. The van der Waals surface area contributed by atoms with Crippen molar-refractivity contribution in [2.45, 2.75) is 32.7 Å². The average molecular weight is 156 g/mol. The van der Waals surface area contributed by atoms with Gasteiger partial charge in [-0.1, -0.05) is 13.0 Å². The second kappa shape index (κ2) is 3.88. The molecule has 0 spiro atoms. The van der Waals surface area contributed by atoms with Crippen molar-refractivity contribution >= 4 is 0 Å². The summed E-state index contributed by atoms with van der Waals surface area (Å²) >= 11 is 0. The molecule has 0 bridgehead atoms. The summed E-state index contributed by atoms with van der Waals surface area (Å²) in [4.78, 5) is 0. The topological polar surface area (TPSA) is 18.5 Å². The second-order valence-corrected chi connectivity index (χ2v) is 2.93. The van der Waals surface area contributed by atoms with Gasteiger partial charge in [0, 0.05) is 13.0 Å². The van der Waals surface area contributed by atoms with Crippen molar-refractivity contribution in [1.29, 1.82) is 0 Å². The van der Waals surface area contributed by atoms with Gasteiger partial charge in [0.1, 0.15) is 0 Å². The van der Waals surface area contributed by atoms with Crippen LogP contribution in [0.15, 0.2) is 12.7 Å². The van der Waals surface area contributed by atoms with Gasteiger partial charge in [0.25, 0.3) is 0 Å². The van der Waals surface area contributed by atoms with Gasteiger partial charge in [-0.3, -0.25) is 0 Å². The molecule has 11 heavy (non-hydrogen) atoms. The molecule has 0 radical (unpaired) electrons. The molecule has 0 saturated carbocycles. The van der Waals surface area contributed by atoms with Crippen LogP contribution < -0.4 is 0 Å². The first-order valence-electron chi connectivity index (χ1n) is 4.17. The molecular weight excluding hydrogens is 140 g/mol. The van der Waals surface area contributed by atoms with Crippen LogP contribution in [0.25, 0.3) is 0 Å². The Morgan fingerprint density at radius 1 is 1.73 bits per heavy atom. The Kier molecular flexibility index (Phi) is 3.09. The van der Waals surface area contributed by atoms with Crippen LogP contribution in [0.5, 0.6) is 0 Å². The highest BCUT2D eigenvalue weighted by molar-refractivity contribution is 4.88. The van der Waals surface area contributed by atoms with E-state index < -0.39 is 0 Å². The molecule has 0 N–H and O–H groups in total. The van der Waals surface area contributed by atoms with Crippen molar-refractivity contribution in [2.75, 3.05) is 6.61 Å². The van der Waals surface area contributed by atoms with E-state index in [1.54, 1.807) is 0 Å². The lowest BCUT2D eigenvalue weighted by Gasteiger charge is -2.10. The molecule has 2 heteroatoms. The Morgan fingerprint density at radius 2 is 2.45 bits per heavy atom. The molecule has 0 unspecified atom stereocenters.